The molecular weight excluding hydrogens is 703 g/mol. The van der Waals surface area contributed by atoms with Crippen LogP contribution in [0.1, 0.15) is 40.9 Å². The number of benzene rings is 8. The van der Waals surface area contributed by atoms with Gasteiger partial charge >= 0.3 is 0 Å². The van der Waals surface area contributed by atoms with Crippen molar-refractivity contribution in [3.05, 3.63) is 235 Å². The molecule has 8 aromatic rings. The monoisotopic (exact) mass is 747 g/mol. The van der Waals surface area contributed by atoms with Crippen LogP contribution in [0.5, 0.6) is 0 Å². The van der Waals surface area contributed by atoms with Crippen LogP contribution in [0, 0.1) is 12.3 Å². The van der Waals surface area contributed by atoms with E-state index in [9.17, 15) is 5.41 Å². The van der Waals surface area contributed by atoms with Crippen LogP contribution < -0.4 is 5.32 Å². The summed E-state index contributed by atoms with van der Waals surface area (Å²) in [4.78, 5) is 5.08. The van der Waals surface area contributed by atoms with E-state index in [1.807, 2.05) is 67.6 Å². The Kier molecular flexibility index (Phi) is 11.1. The van der Waals surface area contributed by atoms with Crippen molar-refractivity contribution >= 4 is 17.6 Å². The number of hydrogen-bond acceptors (Lipinski definition) is 2. The predicted octanol–water partition coefficient (Wildman–Crippen LogP) is 14.1. The average molecular weight is 748 g/mol. The standard InChI is InChI=1S/C55H45N3/c1-4-40-26-17-27-51(45-32-30-44(31-33-45)50-35-48(42-20-11-6-12-21-42)34-49(36-50)43-22-13-7-14-23-43)53(40)52-37-47(29-28-38(52)2)54(56)58-55(46-24-15-8-16-25-46)57-39(3)41-18-9-5-10-19-41/h4-37,55H,1H2,2-3H3,(H2,56,58). The summed E-state index contributed by atoms with van der Waals surface area (Å²) in [6, 6.07) is 69.8. The maximum absolute atomic E-state index is 9.35. The third-order valence-corrected chi connectivity index (χ3v) is 10.7. The van der Waals surface area contributed by atoms with Gasteiger partial charge in [0.05, 0.1) is 0 Å². The molecule has 8 aromatic carbocycles. The molecule has 1 atom stereocenters. The third-order valence-electron chi connectivity index (χ3n) is 10.7. The van der Waals surface area contributed by atoms with Crippen molar-refractivity contribution in [2.45, 2.75) is 20.0 Å². The molecular formula is C55H45N3. The smallest absolute Gasteiger partial charge is 0.146 e. The number of rotatable bonds is 11. The highest BCUT2D eigenvalue weighted by Gasteiger charge is 2.18. The maximum atomic E-state index is 9.35. The molecule has 0 aliphatic rings. The van der Waals surface area contributed by atoms with E-state index in [1.165, 1.54) is 27.8 Å². The van der Waals surface area contributed by atoms with E-state index in [-0.39, 0.29) is 0 Å². The summed E-state index contributed by atoms with van der Waals surface area (Å²) in [5, 5.41) is 12.8. The van der Waals surface area contributed by atoms with Gasteiger partial charge in [-0.05, 0) is 116 Å². The molecule has 58 heavy (non-hydrogen) atoms. The number of nitrogens with one attached hydrogen (secondary N) is 2. The summed E-state index contributed by atoms with van der Waals surface area (Å²) in [6.07, 6.45) is 1.49. The van der Waals surface area contributed by atoms with Gasteiger partial charge in [0.1, 0.15) is 12.0 Å². The molecule has 2 N–H and O–H groups in total. The first-order valence-corrected chi connectivity index (χ1v) is 19.7. The summed E-state index contributed by atoms with van der Waals surface area (Å²) in [5.41, 5.74) is 17.3. The minimum absolute atomic E-state index is 0.300. The van der Waals surface area contributed by atoms with Crippen LogP contribution in [-0.2, 0) is 0 Å². The summed E-state index contributed by atoms with van der Waals surface area (Å²) in [6.45, 7) is 8.37. The molecule has 3 heteroatoms. The molecule has 0 radical (unpaired) electrons. The van der Waals surface area contributed by atoms with E-state index in [4.69, 9.17) is 4.99 Å². The molecule has 0 spiro atoms. The second kappa shape index (κ2) is 17.2. The van der Waals surface area contributed by atoms with Crippen molar-refractivity contribution in [1.82, 2.24) is 5.32 Å². The van der Waals surface area contributed by atoms with Gasteiger partial charge in [0, 0.05) is 11.3 Å². The molecule has 8 rings (SSSR count). The zero-order valence-electron chi connectivity index (χ0n) is 32.9. The summed E-state index contributed by atoms with van der Waals surface area (Å²) >= 11 is 0. The lowest BCUT2D eigenvalue weighted by Gasteiger charge is -2.20. The van der Waals surface area contributed by atoms with Crippen molar-refractivity contribution in [3.8, 4) is 55.6 Å². The first-order chi connectivity index (χ1) is 28.4. The van der Waals surface area contributed by atoms with Gasteiger partial charge in [-0.25, -0.2) is 0 Å². The zero-order valence-corrected chi connectivity index (χ0v) is 32.9. The topological polar surface area (TPSA) is 48.2 Å². The lowest BCUT2D eigenvalue weighted by Crippen LogP contribution is -2.28. The Hall–Kier alpha value is -7.36. The Labute approximate surface area is 342 Å². The number of nitrogens with zero attached hydrogens (tertiary/aromatic N) is 1. The third kappa shape index (κ3) is 8.26. The van der Waals surface area contributed by atoms with Crippen LogP contribution in [0.3, 0.4) is 0 Å². The first kappa shape index (κ1) is 37.6. The molecule has 280 valence electrons. The lowest BCUT2D eigenvalue weighted by atomic mass is 9.87. The van der Waals surface area contributed by atoms with Gasteiger partial charge in [0.25, 0.3) is 0 Å². The summed E-state index contributed by atoms with van der Waals surface area (Å²) < 4.78 is 0. The zero-order chi connectivity index (χ0) is 39.8. The highest BCUT2D eigenvalue weighted by molar-refractivity contribution is 6.01. The van der Waals surface area contributed by atoms with Crippen LogP contribution in [-0.4, -0.2) is 11.5 Å². The second-order valence-corrected chi connectivity index (χ2v) is 14.5. The number of hydrogen-bond donors (Lipinski definition) is 2. The Morgan fingerprint density at radius 3 is 1.60 bits per heavy atom. The van der Waals surface area contributed by atoms with Crippen LogP contribution in [0.15, 0.2) is 212 Å². The van der Waals surface area contributed by atoms with Crippen molar-refractivity contribution < 1.29 is 0 Å². The fourth-order valence-electron chi connectivity index (χ4n) is 7.55. The normalized spacial score (nSPS) is 11.8. The van der Waals surface area contributed by atoms with Gasteiger partial charge < -0.3 is 5.32 Å². The van der Waals surface area contributed by atoms with Crippen LogP contribution in [0.4, 0.5) is 0 Å². The molecule has 0 bridgehead atoms. The lowest BCUT2D eigenvalue weighted by molar-refractivity contribution is 0.682. The minimum Gasteiger partial charge on any atom is -0.345 e. The molecule has 0 saturated carbocycles. The molecule has 0 aliphatic carbocycles. The van der Waals surface area contributed by atoms with Gasteiger partial charge in [-0.1, -0.05) is 189 Å². The van der Waals surface area contributed by atoms with Crippen LogP contribution in [0.25, 0.3) is 61.7 Å². The van der Waals surface area contributed by atoms with E-state index in [1.54, 1.807) is 0 Å². The van der Waals surface area contributed by atoms with Crippen molar-refractivity contribution in [2.75, 3.05) is 0 Å². The quantitative estimate of drug-likeness (QED) is 0.100. The van der Waals surface area contributed by atoms with E-state index < -0.39 is 6.17 Å². The van der Waals surface area contributed by atoms with E-state index >= 15 is 0 Å². The average Bonchev–Trinajstić information content (AvgIpc) is 3.29. The van der Waals surface area contributed by atoms with Crippen LogP contribution >= 0.6 is 0 Å². The van der Waals surface area contributed by atoms with Gasteiger partial charge in [-0.2, -0.15) is 0 Å². The van der Waals surface area contributed by atoms with E-state index in [0.29, 0.717) is 5.84 Å². The maximum Gasteiger partial charge on any atom is 0.146 e. The van der Waals surface area contributed by atoms with Gasteiger partial charge in [0.2, 0.25) is 0 Å². The van der Waals surface area contributed by atoms with Crippen molar-refractivity contribution in [2.24, 2.45) is 4.99 Å². The molecule has 3 nitrogen and oxygen atoms in total. The predicted molar refractivity (Wildman–Crippen MR) is 246 cm³/mol. The molecule has 0 amide bonds. The van der Waals surface area contributed by atoms with Gasteiger partial charge in [-0.3, -0.25) is 10.4 Å². The molecule has 0 saturated heterocycles. The van der Waals surface area contributed by atoms with Crippen molar-refractivity contribution in [3.63, 3.8) is 0 Å². The molecule has 0 aromatic heterocycles. The first-order valence-electron chi connectivity index (χ1n) is 19.7. The number of amidine groups is 1. The summed E-state index contributed by atoms with van der Waals surface area (Å²) in [7, 11) is 0. The Balaban J connectivity index is 1.14. The highest BCUT2D eigenvalue weighted by Crippen LogP contribution is 2.39. The van der Waals surface area contributed by atoms with Gasteiger partial charge in [-0.15, -0.1) is 0 Å². The molecule has 0 heterocycles. The molecule has 0 fully saturated rings. The van der Waals surface area contributed by atoms with Crippen LogP contribution in [0.2, 0.25) is 0 Å². The van der Waals surface area contributed by atoms with Crippen molar-refractivity contribution in [1.29, 1.82) is 5.41 Å². The fourth-order valence-corrected chi connectivity index (χ4v) is 7.55. The largest absolute Gasteiger partial charge is 0.345 e. The minimum atomic E-state index is -0.439. The van der Waals surface area contributed by atoms with E-state index in [0.717, 1.165) is 61.3 Å². The Bertz CT molecular complexity index is 2660. The van der Waals surface area contributed by atoms with Gasteiger partial charge in [0.15, 0.2) is 0 Å². The number of aryl methyl sites for hydroxylation is 1. The second-order valence-electron chi connectivity index (χ2n) is 14.5. The Morgan fingerprint density at radius 2 is 1.03 bits per heavy atom. The highest BCUT2D eigenvalue weighted by atomic mass is 15.1. The fraction of sp³-hybridized carbons (Fsp3) is 0.0545. The molecule has 1 unspecified atom stereocenters. The summed E-state index contributed by atoms with van der Waals surface area (Å²) in [5.74, 6) is 0.300. The number of aliphatic imine (C=N–C) groups is 1. The molecule has 0 aliphatic heterocycles. The Morgan fingerprint density at radius 1 is 0.517 bits per heavy atom. The SMILES string of the molecule is C=Cc1cccc(-c2ccc(-c3cc(-c4ccccc4)cc(-c4ccccc4)c3)cc2)c1-c1cc(C(=N)NC(N=C(C)c2ccccc2)c2ccccc2)ccc1C. The van der Waals surface area contributed by atoms with E-state index in [2.05, 4.69) is 164 Å².